The van der Waals surface area contributed by atoms with E-state index < -0.39 is 0 Å². The molecule has 84 valence electrons. The number of anilines is 1. The van der Waals surface area contributed by atoms with Gasteiger partial charge >= 0.3 is 0 Å². The van der Waals surface area contributed by atoms with Crippen molar-refractivity contribution in [2.75, 3.05) is 12.8 Å². The smallest absolute Gasteiger partial charge is 0.258 e. The highest BCUT2D eigenvalue weighted by molar-refractivity contribution is 5.66. The van der Waals surface area contributed by atoms with Gasteiger partial charge in [0.15, 0.2) is 5.82 Å². The molecule has 2 aromatic rings. The molecule has 0 aliphatic carbocycles. The summed E-state index contributed by atoms with van der Waals surface area (Å²) in [7, 11) is 1.59. The molecule has 0 aliphatic heterocycles. The van der Waals surface area contributed by atoms with Crippen molar-refractivity contribution in [1.82, 2.24) is 10.1 Å². The summed E-state index contributed by atoms with van der Waals surface area (Å²) < 4.78 is 10.1. The second kappa shape index (κ2) is 4.32. The molecule has 2 N–H and O–H groups in total. The number of ether oxygens (including phenoxy) is 1. The van der Waals surface area contributed by atoms with Crippen LogP contribution in [-0.4, -0.2) is 17.3 Å². The number of hydrogen-bond acceptors (Lipinski definition) is 5. The number of nitrogens with zero attached hydrogens (tertiary/aromatic N) is 2. The molecule has 0 aliphatic rings. The van der Waals surface area contributed by atoms with Crippen molar-refractivity contribution in [3.8, 4) is 11.5 Å². The Labute approximate surface area is 93.2 Å². The maximum atomic E-state index is 5.81. The molecule has 1 aromatic carbocycles. The second-order valence-electron chi connectivity index (χ2n) is 3.47. The molecule has 1 aromatic heterocycles. The fourth-order valence-corrected chi connectivity index (χ4v) is 1.44. The number of rotatable bonds is 3. The first-order valence-electron chi connectivity index (χ1n) is 4.89. The summed E-state index contributed by atoms with van der Waals surface area (Å²) in [5.74, 6) is 0.996. The summed E-state index contributed by atoms with van der Waals surface area (Å²) in [4.78, 5) is 4.21. The van der Waals surface area contributed by atoms with E-state index in [4.69, 9.17) is 15.0 Å². The summed E-state index contributed by atoms with van der Waals surface area (Å²) in [6.45, 7) is 2.26. The number of aromatic nitrogens is 2. The molecule has 0 fully saturated rings. The highest BCUT2D eigenvalue weighted by Crippen LogP contribution is 2.25. The summed E-state index contributed by atoms with van der Waals surface area (Å²) in [6.07, 6.45) is 0. The molecule has 0 saturated carbocycles. The first kappa shape index (κ1) is 10.6. The van der Waals surface area contributed by atoms with Gasteiger partial charge in [0.25, 0.3) is 5.89 Å². The molecule has 0 spiro atoms. The van der Waals surface area contributed by atoms with E-state index in [1.165, 1.54) is 0 Å². The van der Waals surface area contributed by atoms with Crippen LogP contribution in [0.25, 0.3) is 11.5 Å². The van der Waals surface area contributed by atoms with Crippen LogP contribution in [0.1, 0.15) is 11.4 Å². The Bertz CT molecular complexity index is 494. The van der Waals surface area contributed by atoms with E-state index in [2.05, 4.69) is 10.1 Å². The lowest BCUT2D eigenvalue weighted by molar-refractivity contribution is 0.174. The van der Waals surface area contributed by atoms with Gasteiger partial charge < -0.3 is 15.0 Å². The quantitative estimate of drug-likeness (QED) is 0.796. The van der Waals surface area contributed by atoms with Gasteiger partial charge in [0.2, 0.25) is 0 Å². The number of nitrogen functional groups attached to an aromatic ring is 1. The highest BCUT2D eigenvalue weighted by atomic mass is 16.5. The predicted octanol–water partition coefficient (Wildman–Crippen LogP) is 1.77. The van der Waals surface area contributed by atoms with E-state index in [1.807, 2.05) is 25.1 Å². The van der Waals surface area contributed by atoms with Crippen LogP contribution in [0.2, 0.25) is 0 Å². The van der Waals surface area contributed by atoms with E-state index >= 15 is 0 Å². The Morgan fingerprint density at radius 1 is 1.44 bits per heavy atom. The van der Waals surface area contributed by atoms with Gasteiger partial charge in [-0.1, -0.05) is 11.2 Å². The van der Waals surface area contributed by atoms with Gasteiger partial charge in [0.1, 0.15) is 6.61 Å². The van der Waals surface area contributed by atoms with Gasteiger partial charge in [-0.15, -0.1) is 0 Å². The van der Waals surface area contributed by atoms with Gasteiger partial charge in [-0.05, 0) is 24.6 Å². The lowest BCUT2D eigenvalue weighted by Gasteiger charge is -2.02. The van der Waals surface area contributed by atoms with Crippen molar-refractivity contribution >= 4 is 5.69 Å². The molecule has 0 radical (unpaired) electrons. The predicted molar refractivity (Wildman–Crippen MR) is 59.6 cm³/mol. The van der Waals surface area contributed by atoms with Crippen LogP contribution >= 0.6 is 0 Å². The van der Waals surface area contributed by atoms with Crippen molar-refractivity contribution in [2.45, 2.75) is 13.5 Å². The minimum Gasteiger partial charge on any atom is -0.398 e. The first-order chi connectivity index (χ1) is 7.72. The molecule has 5 nitrogen and oxygen atoms in total. The van der Waals surface area contributed by atoms with Crippen molar-refractivity contribution in [1.29, 1.82) is 0 Å². The van der Waals surface area contributed by atoms with Crippen LogP contribution in [0.5, 0.6) is 0 Å². The number of hydrogen-bond donors (Lipinski definition) is 1. The van der Waals surface area contributed by atoms with Crippen LogP contribution in [0.15, 0.2) is 22.7 Å². The summed E-state index contributed by atoms with van der Waals surface area (Å²) >= 11 is 0. The Hall–Kier alpha value is -1.88. The molecular formula is C11H13N3O2. The lowest BCUT2D eigenvalue weighted by atomic mass is 10.1. The summed E-state index contributed by atoms with van der Waals surface area (Å²) in [6, 6.07) is 5.60. The van der Waals surface area contributed by atoms with Crippen LogP contribution < -0.4 is 5.73 Å². The van der Waals surface area contributed by atoms with Gasteiger partial charge in [-0.3, -0.25) is 0 Å². The van der Waals surface area contributed by atoms with Crippen molar-refractivity contribution < 1.29 is 9.26 Å². The van der Waals surface area contributed by atoms with E-state index in [9.17, 15) is 0 Å². The standard InChI is InChI=1S/C11H13N3O2/c1-7-8(4-3-5-9(7)12)11-13-10(6-15-2)14-16-11/h3-5H,6,12H2,1-2H3. The molecule has 2 rings (SSSR count). The molecule has 0 atom stereocenters. The van der Waals surface area contributed by atoms with E-state index in [1.54, 1.807) is 7.11 Å². The minimum absolute atomic E-state index is 0.338. The zero-order valence-corrected chi connectivity index (χ0v) is 9.23. The van der Waals surface area contributed by atoms with E-state index in [0.717, 1.165) is 11.1 Å². The maximum absolute atomic E-state index is 5.81. The van der Waals surface area contributed by atoms with E-state index in [0.29, 0.717) is 24.0 Å². The third kappa shape index (κ3) is 1.90. The molecule has 0 bridgehead atoms. The average Bonchev–Trinajstić information content (AvgIpc) is 2.71. The molecule has 0 amide bonds. The van der Waals surface area contributed by atoms with Crippen LogP contribution in [-0.2, 0) is 11.3 Å². The lowest BCUT2D eigenvalue weighted by Crippen LogP contribution is -1.93. The van der Waals surface area contributed by atoms with Gasteiger partial charge in [-0.25, -0.2) is 0 Å². The Morgan fingerprint density at radius 2 is 2.25 bits per heavy atom. The number of benzene rings is 1. The zero-order valence-electron chi connectivity index (χ0n) is 9.23. The third-order valence-corrected chi connectivity index (χ3v) is 2.35. The van der Waals surface area contributed by atoms with Gasteiger partial charge in [-0.2, -0.15) is 4.98 Å². The van der Waals surface area contributed by atoms with Crippen molar-refractivity contribution in [3.63, 3.8) is 0 Å². The monoisotopic (exact) mass is 219 g/mol. The molecule has 5 heteroatoms. The van der Waals surface area contributed by atoms with Crippen LogP contribution in [0.3, 0.4) is 0 Å². The van der Waals surface area contributed by atoms with Crippen molar-refractivity contribution in [3.05, 3.63) is 29.6 Å². The van der Waals surface area contributed by atoms with Crippen LogP contribution in [0, 0.1) is 6.92 Å². The molecule has 0 unspecified atom stereocenters. The highest BCUT2D eigenvalue weighted by Gasteiger charge is 2.11. The van der Waals surface area contributed by atoms with Gasteiger partial charge in [0.05, 0.1) is 0 Å². The Kier molecular flexibility index (Phi) is 2.87. The summed E-state index contributed by atoms with van der Waals surface area (Å²) in [5.41, 5.74) is 8.32. The number of methoxy groups -OCH3 is 1. The van der Waals surface area contributed by atoms with E-state index in [-0.39, 0.29) is 0 Å². The normalized spacial score (nSPS) is 10.6. The van der Waals surface area contributed by atoms with Crippen molar-refractivity contribution in [2.24, 2.45) is 0 Å². The van der Waals surface area contributed by atoms with Crippen LogP contribution in [0.4, 0.5) is 5.69 Å². The summed E-state index contributed by atoms with van der Waals surface area (Å²) in [5, 5.41) is 3.80. The topological polar surface area (TPSA) is 74.2 Å². The number of nitrogens with two attached hydrogens (primary N) is 1. The average molecular weight is 219 g/mol. The maximum Gasteiger partial charge on any atom is 0.258 e. The van der Waals surface area contributed by atoms with Gasteiger partial charge in [0, 0.05) is 18.4 Å². The third-order valence-electron chi connectivity index (χ3n) is 2.35. The fraction of sp³-hybridized carbons (Fsp3) is 0.273. The molecule has 16 heavy (non-hydrogen) atoms. The zero-order chi connectivity index (χ0) is 11.5. The SMILES string of the molecule is COCc1noc(-c2cccc(N)c2C)n1. The first-order valence-corrected chi connectivity index (χ1v) is 4.89. The Balaban J connectivity index is 2.39. The molecular weight excluding hydrogens is 206 g/mol. The molecule has 0 saturated heterocycles. The molecule has 1 heterocycles. The largest absolute Gasteiger partial charge is 0.398 e. The fourth-order valence-electron chi connectivity index (χ4n) is 1.44. The minimum atomic E-state index is 0.338. The second-order valence-corrected chi connectivity index (χ2v) is 3.47. The Morgan fingerprint density at radius 3 is 3.00 bits per heavy atom.